The van der Waals surface area contributed by atoms with E-state index in [9.17, 15) is 9.50 Å². The van der Waals surface area contributed by atoms with Crippen LogP contribution in [-0.2, 0) is 12.4 Å². The van der Waals surface area contributed by atoms with Crippen LogP contribution in [0.25, 0.3) is 0 Å². The summed E-state index contributed by atoms with van der Waals surface area (Å²) in [7, 11) is 0. The van der Waals surface area contributed by atoms with Crippen LogP contribution < -0.4 is 0 Å². The standard InChI is InChI=1S/C10H9BrFN3O/c11-9-3-1-8(2-4-9)5-10(12,16)15-7-13-6-14-15/h1-4,6-7,16H,5H2. The van der Waals surface area contributed by atoms with Crippen molar-refractivity contribution in [1.82, 2.24) is 14.8 Å². The van der Waals surface area contributed by atoms with Gasteiger partial charge in [-0.3, -0.25) is 0 Å². The van der Waals surface area contributed by atoms with E-state index < -0.39 is 5.98 Å². The van der Waals surface area contributed by atoms with Crippen LogP contribution in [0.15, 0.2) is 41.4 Å². The molecule has 1 N–H and O–H groups in total. The molecule has 0 spiro atoms. The molecule has 1 aromatic carbocycles. The molecule has 0 saturated carbocycles. The van der Waals surface area contributed by atoms with Crippen LogP contribution in [0, 0.1) is 0 Å². The fourth-order valence-electron chi connectivity index (χ4n) is 1.33. The molecule has 0 aliphatic rings. The number of alkyl halides is 1. The highest BCUT2D eigenvalue weighted by Gasteiger charge is 2.29. The molecule has 1 atom stereocenters. The maximum Gasteiger partial charge on any atom is 0.311 e. The number of hydrogen-bond donors (Lipinski definition) is 1. The van der Waals surface area contributed by atoms with E-state index in [1.54, 1.807) is 24.3 Å². The van der Waals surface area contributed by atoms with Crippen LogP contribution in [0.5, 0.6) is 0 Å². The fraction of sp³-hybridized carbons (Fsp3) is 0.200. The van der Waals surface area contributed by atoms with Crippen LogP contribution in [0.4, 0.5) is 4.39 Å². The average Bonchev–Trinajstić information content (AvgIpc) is 2.75. The second-order valence-electron chi connectivity index (χ2n) is 3.36. The Hall–Kier alpha value is -1.27. The number of rotatable bonds is 3. The molecule has 0 fully saturated rings. The largest absolute Gasteiger partial charge is 0.344 e. The van der Waals surface area contributed by atoms with Gasteiger partial charge in [-0.05, 0) is 17.7 Å². The van der Waals surface area contributed by atoms with Crippen LogP contribution in [0.3, 0.4) is 0 Å². The summed E-state index contributed by atoms with van der Waals surface area (Å²) in [5.74, 6) is -2.55. The molecule has 84 valence electrons. The summed E-state index contributed by atoms with van der Waals surface area (Å²) in [6, 6.07) is 7.02. The molecule has 0 radical (unpaired) electrons. The maximum absolute atomic E-state index is 13.8. The Morgan fingerprint density at radius 1 is 1.38 bits per heavy atom. The molecular formula is C10H9BrFN3O. The van der Waals surface area contributed by atoms with Crippen molar-refractivity contribution in [2.75, 3.05) is 0 Å². The number of aliphatic hydroxyl groups is 1. The topological polar surface area (TPSA) is 50.9 Å². The molecule has 6 heteroatoms. The van der Waals surface area contributed by atoms with E-state index in [-0.39, 0.29) is 6.42 Å². The van der Waals surface area contributed by atoms with Crippen molar-refractivity contribution in [2.45, 2.75) is 12.4 Å². The summed E-state index contributed by atoms with van der Waals surface area (Å²) in [4.78, 5) is 3.59. The normalized spacial score (nSPS) is 14.7. The molecule has 1 heterocycles. The lowest BCUT2D eigenvalue weighted by atomic mass is 10.1. The third-order valence-corrected chi connectivity index (χ3v) is 2.64. The SMILES string of the molecule is OC(F)(Cc1ccc(Br)cc1)n1cncn1. The van der Waals surface area contributed by atoms with E-state index in [2.05, 4.69) is 26.0 Å². The monoisotopic (exact) mass is 285 g/mol. The first-order chi connectivity index (χ1) is 7.58. The van der Waals surface area contributed by atoms with E-state index in [1.807, 2.05) is 0 Å². The Morgan fingerprint density at radius 3 is 2.62 bits per heavy atom. The highest BCUT2D eigenvalue weighted by Crippen LogP contribution is 2.20. The lowest BCUT2D eigenvalue weighted by molar-refractivity contribution is -0.169. The van der Waals surface area contributed by atoms with Crippen molar-refractivity contribution in [2.24, 2.45) is 0 Å². The Labute approximate surface area is 99.9 Å². The van der Waals surface area contributed by atoms with E-state index in [0.717, 1.165) is 15.5 Å². The zero-order chi connectivity index (χ0) is 11.6. The van der Waals surface area contributed by atoms with Gasteiger partial charge >= 0.3 is 5.98 Å². The lowest BCUT2D eigenvalue weighted by Gasteiger charge is -2.18. The van der Waals surface area contributed by atoms with E-state index in [1.165, 1.54) is 6.33 Å². The molecule has 0 bridgehead atoms. The van der Waals surface area contributed by atoms with Crippen LogP contribution >= 0.6 is 15.9 Å². The van der Waals surface area contributed by atoms with Crippen molar-refractivity contribution in [3.63, 3.8) is 0 Å². The van der Waals surface area contributed by atoms with Gasteiger partial charge in [-0.2, -0.15) is 14.2 Å². The van der Waals surface area contributed by atoms with E-state index in [0.29, 0.717) is 5.56 Å². The van der Waals surface area contributed by atoms with Gasteiger partial charge in [0.2, 0.25) is 0 Å². The first-order valence-corrected chi connectivity index (χ1v) is 5.38. The summed E-state index contributed by atoms with van der Waals surface area (Å²) in [6.07, 6.45) is 2.13. The van der Waals surface area contributed by atoms with Crippen molar-refractivity contribution < 1.29 is 9.50 Å². The summed E-state index contributed by atoms with van der Waals surface area (Å²) >= 11 is 3.28. The molecule has 2 rings (SSSR count). The Kier molecular flexibility index (Phi) is 3.02. The zero-order valence-corrected chi connectivity index (χ0v) is 9.80. The highest BCUT2D eigenvalue weighted by atomic mass is 79.9. The molecule has 0 aliphatic heterocycles. The molecule has 1 unspecified atom stereocenters. The Balaban J connectivity index is 2.18. The predicted molar refractivity (Wildman–Crippen MR) is 59.2 cm³/mol. The minimum absolute atomic E-state index is 0.177. The maximum atomic E-state index is 13.8. The van der Waals surface area contributed by atoms with Gasteiger partial charge < -0.3 is 5.11 Å². The summed E-state index contributed by atoms with van der Waals surface area (Å²) < 4.78 is 15.5. The van der Waals surface area contributed by atoms with Crippen molar-refractivity contribution >= 4 is 15.9 Å². The molecule has 2 aromatic rings. The Bertz CT molecular complexity index is 455. The van der Waals surface area contributed by atoms with Crippen LogP contribution in [0.1, 0.15) is 5.56 Å². The first-order valence-electron chi connectivity index (χ1n) is 4.59. The number of aromatic nitrogens is 3. The van der Waals surface area contributed by atoms with Crippen LogP contribution in [-0.4, -0.2) is 19.9 Å². The van der Waals surface area contributed by atoms with Gasteiger partial charge in [-0.1, -0.05) is 28.1 Å². The number of benzene rings is 1. The minimum Gasteiger partial charge on any atom is -0.344 e. The quantitative estimate of drug-likeness (QED) is 0.937. The van der Waals surface area contributed by atoms with Crippen molar-refractivity contribution in [3.05, 3.63) is 47.0 Å². The molecule has 0 saturated heterocycles. The van der Waals surface area contributed by atoms with Crippen LogP contribution in [0.2, 0.25) is 0 Å². The van der Waals surface area contributed by atoms with Crippen molar-refractivity contribution in [3.8, 4) is 0 Å². The fourth-order valence-corrected chi connectivity index (χ4v) is 1.59. The molecule has 4 nitrogen and oxygen atoms in total. The molecular weight excluding hydrogens is 277 g/mol. The van der Waals surface area contributed by atoms with Gasteiger partial charge in [0.25, 0.3) is 0 Å². The van der Waals surface area contributed by atoms with Gasteiger partial charge in [-0.25, -0.2) is 4.98 Å². The van der Waals surface area contributed by atoms with E-state index in [4.69, 9.17) is 0 Å². The number of nitrogens with zero attached hydrogens (tertiary/aromatic N) is 3. The molecule has 16 heavy (non-hydrogen) atoms. The number of halogens is 2. The van der Waals surface area contributed by atoms with Gasteiger partial charge in [0, 0.05) is 4.47 Å². The highest BCUT2D eigenvalue weighted by molar-refractivity contribution is 9.10. The van der Waals surface area contributed by atoms with Gasteiger partial charge in [0.15, 0.2) is 0 Å². The third-order valence-electron chi connectivity index (χ3n) is 2.11. The third kappa shape index (κ3) is 2.45. The smallest absolute Gasteiger partial charge is 0.311 e. The molecule has 0 aliphatic carbocycles. The minimum atomic E-state index is -2.55. The van der Waals surface area contributed by atoms with E-state index >= 15 is 0 Å². The summed E-state index contributed by atoms with van der Waals surface area (Å²) in [5.41, 5.74) is 0.670. The van der Waals surface area contributed by atoms with Gasteiger partial charge in [-0.15, -0.1) is 0 Å². The van der Waals surface area contributed by atoms with Crippen molar-refractivity contribution in [1.29, 1.82) is 0 Å². The molecule has 0 amide bonds. The number of hydrogen-bond acceptors (Lipinski definition) is 3. The zero-order valence-electron chi connectivity index (χ0n) is 8.22. The first kappa shape index (κ1) is 11.2. The predicted octanol–water partition coefficient (Wildman–Crippen LogP) is 1.86. The summed E-state index contributed by atoms with van der Waals surface area (Å²) in [6.45, 7) is 0. The average molecular weight is 286 g/mol. The Morgan fingerprint density at radius 2 is 2.06 bits per heavy atom. The second kappa shape index (κ2) is 4.31. The van der Waals surface area contributed by atoms with Gasteiger partial charge in [0.05, 0.1) is 6.42 Å². The summed E-state index contributed by atoms with van der Waals surface area (Å²) in [5, 5.41) is 13.2. The van der Waals surface area contributed by atoms with Gasteiger partial charge in [0.1, 0.15) is 12.7 Å². The second-order valence-corrected chi connectivity index (χ2v) is 4.28. The molecule has 1 aromatic heterocycles. The lowest BCUT2D eigenvalue weighted by Crippen LogP contribution is -2.31.